The lowest BCUT2D eigenvalue weighted by atomic mass is 10.2. The molecule has 0 bridgehead atoms. The SMILES string of the molecule is Cc1cc(Oc2cc(C)cc(N3C=CN(C)C3)c2)cc(N2C=CN(C)C2)c1. The van der Waals surface area contributed by atoms with Crippen LogP contribution in [-0.4, -0.2) is 37.2 Å². The minimum absolute atomic E-state index is 0.853. The molecular weight excluding hydrogens is 336 g/mol. The molecule has 4 rings (SSSR count). The Morgan fingerprint density at radius 3 is 1.44 bits per heavy atom. The molecule has 0 spiro atoms. The standard InChI is InChI=1S/C22H26N4O/c1-17-9-19(25-7-5-23(3)15-25)13-21(11-17)27-22-12-18(2)10-20(14-22)26-8-6-24(4)16-26/h5-14H,15-16H2,1-4H3. The Balaban J connectivity index is 1.59. The highest BCUT2D eigenvalue weighted by Gasteiger charge is 2.14. The Morgan fingerprint density at radius 2 is 1.07 bits per heavy atom. The molecule has 0 radical (unpaired) electrons. The van der Waals surface area contributed by atoms with Crippen LogP contribution in [-0.2, 0) is 0 Å². The van der Waals surface area contributed by atoms with Crippen LogP contribution in [0.5, 0.6) is 11.5 Å². The molecule has 0 fully saturated rings. The van der Waals surface area contributed by atoms with Crippen molar-refractivity contribution in [3.63, 3.8) is 0 Å². The molecule has 0 saturated carbocycles. The lowest BCUT2D eigenvalue weighted by Gasteiger charge is -2.21. The third kappa shape index (κ3) is 3.87. The summed E-state index contributed by atoms with van der Waals surface area (Å²) in [7, 11) is 4.14. The van der Waals surface area contributed by atoms with E-state index in [-0.39, 0.29) is 0 Å². The van der Waals surface area contributed by atoms with E-state index in [1.54, 1.807) is 0 Å². The zero-order chi connectivity index (χ0) is 19.0. The van der Waals surface area contributed by atoms with E-state index in [1.165, 1.54) is 11.1 Å². The molecule has 27 heavy (non-hydrogen) atoms. The number of anilines is 2. The van der Waals surface area contributed by atoms with Crippen molar-refractivity contribution < 1.29 is 4.74 Å². The maximum atomic E-state index is 6.27. The zero-order valence-corrected chi connectivity index (χ0v) is 16.4. The first-order chi connectivity index (χ1) is 13.0. The summed E-state index contributed by atoms with van der Waals surface area (Å²) < 4.78 is 6.27. The van der Waals surface area contributed by atoms with Gasteiger partial charge in [0.1, 0.15) is 11.5 Å². The number of hydrogen-bond donors (Lipinski definition) is 0. The van der Waals surface area contributed by atoms with Gasteiger partial charge in [-0.1, -0.05) is 0 Å². The second-order valence-electron chi connectivity index (χ2n) is 7.44. The molecular formula is C22H26N4O. The van der Waals surface area contributed by atoms with Crippen LogP contribution in [0.1, 0.15) is 11.1 Å². The fourth-order valence-corrected chi connectivity index (χ4v) is 3.44. The summed E-state index contributed by atoms with van der Waals surface area (Å²) >= 11 is 0. The van der Waals surface area contributed by atoms with Crippen LogP contribution in [0.25, 0.3) is 0 Å². The highest BCUT2D eigenvalue weighted by atomic mass is 16.5. The summed E-state index contributed by atoms with van der Waals surface area (Å²) in [6.45, 7) is 5.91. The van der Waals surface area contributed by atoms with E-state index in [0.717, 1.165) is 36.2 Å². The van der Waals surface area contributed by atoms with Gasteiger partial charge in [-0.3, -0.25) is 0 Å². The molecule has 2 aromatic carbocycles. The lowest BCUT2D eigenvalue weighted by molar-refractivity contribution is 0.478. The van der Waals surface area contributed by atoms with Crippen molar-refractivity contribution in [2.75, 3.05) is 37.2 Å². The first kappa shape index (κ1) is 17.3. The van der Waals surface area contributed by atoms with Crippen LogP contribution in [0.4, 0.5) is 11.4 Å². The Labute approximate surface area is 161 Å². The fourth-order valence-electron chi connectivity index (χ4n) is 3.44. The normalized spacial score (nSPS) is 16.0. The number of aryl methyl sites for hydroxylation is 2. The van der Waals surface area contributed by atoms with Crippen LogP contribution >= 0.6 is 0 Å². The van der Waals surface area contributed by atoms with Gasteiger partial charge >= 0.3 is 0 Å². The molecule has 0 unspecified atom stereocenters. The molecule has 2 aromatic rings. The van der Waals surface area contributed by atoms with Gasteiger partial charge in [-0.25, -0.2) is 0 Å². The average molecular weight is 362 g/mol. The molecule has 0 saturated heterocycles. The van der Waals surface area contributed by atoms with Crippen molar-refractivity contribution in [3.05, 3.63) is 72.3 Å². The fraction of sp³-hybridized carbons (Fsp3) is 0.273. The number of benzene rings is 2. The monoisotopic (exact) mass is 362 g/mol. The molecule has 0 aromatic heterocycles. The van der Waals surface area contributed by atoms with Crippen molar-refractivity contribution in [2.24, 2.45) is 0 Å². The predicted molar refractivity (Wildman–Crippen MR) is 111 cm³/mol. The molecule has 2 heterocycles. The third-order valence-corrected chi connectivity index (χ3v) is 4.72. The van der Waals surface area contributed by atoms with Crippen LogP contribution < -0.4 is 14.5 Å². The van der Waals surface area contributed by atoms with Crippen molar-refractivity contribution in [1.82, 2.24) is 9.80 Å². The maximum absolute atomic E-state index is 6.27. The molecule has 2 aliphatic heterocycles. The van der Waals surface area contributed by atoms with E-state index in [0.29, 0.717) is 0 Å². The van der Waals surface area contributed by atoms with Gasteiger partial charge in [0.05, 0.1) is 13.3 Å². The minimum atomic E-state index is 0.853. The summed E-state index contributed by atoms with van der Waals surface area (Å²) in [5, 5.41) is 0. The highest BCUT2D eigenvalue weighted by Crippen LogP contribution is 2.32. The Hall–Kier alpha value is -3.08. The molecule has 0 N–H and O–H groups in total. The first-order valence-electron chi connectivity index (χ1n) is 9.18. The summed E-state index contributed by atoms with van der Waals surface area (Å²) in [5.41, 5.74) is 4.65. The van der Waals surface area contributed by atoms with Crippen molar-refractivity contribution in [1.29, 1.82) is 0 Å². The van der Waals surface area contributed by atoms with Crippen molar-refractivity contribution >= 4 is 11.4 Å². The number of hydrogen-bond acceptors (Lipinski definition) is 5. The molecule has 0 atom stereocenters. The van der Waals surface area contributed by atoms with Gasteiger partial charge in [0, 0.05) is 62.4 Å². The molecule has 0 aliphatic carbocycles. The van der Waals surface area contributed by atoms with Crippen molar-refractivity contribution in [2.45, 2.75) is 13.8 Å². The van der Waals surface area contributed by atoms with Gasteiger partial charge < -0.3 is 24.3 Å². The maximum Gasteiger partial charge on any atom is 0.129 e. The van der Waals surface area contributed by atoms with E-state index in [9.17, 15) is 0 Å². The quantitative estimate of drug-likeness (QED) is 0.799. The van der Waals surface area contributed by atoms with Crippen LogP contribution in [0.15, 0.2) is 61.2 Å². The van der Waals surface area contributed by atoms with Gasteiger partial charge in [0.25, 0.3) is 0 Å². The van der Waals surface area contributed by atoms with E-state index in [1.807, 2.05) is 0 Å². The van der Waals surface area contributed by atoms with Crippen LogP contribution in [0.3, 0.4) is 0 Å². The number of ether oxygens (including phenoxy) is 1. The third-order valence-electron chi connectivity index (χ3n) is 4.72. The molecule has 140 valence electrons. The summed E-state index contributed by atoms with van der Waals surface area (Å²) in [5.74, 6) is 1.72. The zero-order valence-electron chi connectivity index (χ0n) is 16.4. The van der Waals surface area contributed by atoms with Gasteiger partial charge in [0.2, 0.25) is 0 Å². The topological polar surface area (TPSA) is 22.2 Å². The van der Waals surface area contributed by atoms with E-state index >= 15 is 0 Å². The smallest absolute Gasteiger partial charge is 0.129 e. The second kappa shape index (κ2) is 6.91. The summed E-state index contributed by atoms with van der Waals surface area (Å²) in [6, 6.07) is 12.7. The average Bonchev–Trinajstić information content (AvgIpc) is 3.22. The van der Waals surface area contributed by atoms with Gasteiger partial charge in [0.15, 0.2) is 0 Å². The van der Waals surface area contributed by atoms with E-state index in [4.69, 9.17) is 4.74 Å². The molecule has 5 heteroatoms. The second-order valence-corrected chi connectivity index (χ2v) is 7.44. The van der Waals surface area contributed by atoms with Gasteiger partial charge in [-0.2, -0.15) is 0 Å². The number of rotatable bonds is 4. The first-order valence-corrected chi connectivity index (χ1v) is 9.18. The molecule has 2 aliphatic rings. The van der Waals surface area contributed by atoms with Crippen molar-refractivity contribution in [3.8, 4) is 11.5 Å². The van der Waals surface area contributed by atoms with E-state index < -0.39 is 0 Å². The lowest BCUT2D eigenvalue weighted by Crippen LogP contribution is -2.21. The van der Waals surface area contributed by atoms with Gasteiger partial charge in [-0.05, 0) is 49.2 Å². The Morgan fingerprint density at radius 1 is 0.630 bits per heavy atom. The summed E-state index contributed by atoms with van der Waals surface area (Å²) in [4.78, 5) is 8.73. The summed E-state index contributed by atoms with van der Waals surface area (Å²) in [6.07, 6.45) is 8.35. The van der Waals surface area contributed by atoms with Gasteiger partial charge in [-0.15, -0.1) is 0 Å². The highest BCUT2D eigenvalue weighted by molar-refractivity contribution is 5.59. The Bertz CT molecular complexity index is 832. The minimum Gasteiger partial charge on any atom is -0.457 e. The Kier molecular flexibility index (Phi) is 4.44. The van der Waals surface area contributed by atoms with Crippen LogP contribution in [0, 0.1) is 13.8 Å². The number of nitrogens with zero attached hydrogens (tertiary/aromatic N) is 4. The molecule has 5 nitrogen and oxygen atoms in total. The molecule has 0 amide bonds. The van der Waals surface area contributed by atoms with E-state index in [2.05, 4.69) is 109 Å². The predicted octanol–water partition coefficient (Wildman–Crippen LogP) is 4.46. The largest absolute Gasteiger partial charge is 0.457 e. The van der Waals surface area contributed by atoms with Crippen LogP contribution in [0.2, 0.25) is 0 Å².